The molecule has 1 aliphatic rings. The number of guanidine groups is 1. The van der Waals surface area contributed by atoms with E-state index in [9.17, 15) is 0 Å². The summed E-state index contributed by atoms with van der Waals surface area (Å²) in [6.07, 6.45) is 9.28. The maximum atomic E-state index is 6.32. The third kappa shape index (κ3) is 3.42. The lowest BCUT2D eigenvalue weighted by Gasteiger charge is -2.25. The zero-order chi connectivity index (χ0) is 15.4. The summed E-state index contributed by atoms with van der Waals surface area (Å²) in [6.45, 7) is 1.35. The first kappa shape index (κ1) is 14.9. The summed E-state index contributed by atoms with van der Waals surface area (Å²) >= 11 is 6.32. The SMILES string of the molecule is NC(=NCc1c(Cl)cccc1-n1ccnc1)NCC1CCC1. The van der Waals surface area contributed by atoms with Crippen molar-refractivity contribution in [1.29, 1.82) is 0 Å². The van der Waals surface area contributed by atoms with Crippen molar-refractivity contribution in [2.24, 2.45) is 16.6 Å². The normalized spacial score (nSPS) is 15.6. The molecule has 0 spiro atoms. The molecule has 1 aromatic carbocycles. The lowest BCUT2D eigenvalue weighted by atomic mass is 9.85. The molecule has 116 valence electrons. The van der Waals surface area contributed by atoms with Gasteiger partial charge in [0.2, 0.25) is 0 Å². The molecule has 0 amide bonds. The van der Waals surface area contributed by atoms with E-state index in [1.807, 2.05) is 29.0 Å². The number of aliphatic imine (C=N–C) groups is 1. The largest absolute Gasteiger partial charge is 0.370 e. The fourth-order valence-corrected chi connectivity index (χ4v) is 2.74. The first-order chi connectivity index (χ1) is 10.7. The van der Waals surface area contributed by atoms with Crippen LogP contribution in [0.2, 0.25) is 5.02 Å². The molecule has 1 aromatic heterocycles. The minimum Gasteiger partial charge on any atom is -0.370 e. The highest BCUT2D eigenvalue weighted by Crippen LogP contribution is 2.25. The highest BCUT2D eigenvalue weighted by atomic mass is 35.5. The Hall–Kier alpha value is -2.01. The lowest BCUT2D eigenvalue weighted by molar-refractivity contribution is 0.315. The second-order valence-electron chi connectivity index (χ2n) is 5.59. The topological polar surface area (TPSA) is 68.2 Å². The van der Waals surface area contributed by atoms with E-state index in [0.717, 1.165) is 23.7 Å². The van der Waals surface area contributed by atoms with Gasteiger partial charge in [0.1, 0.15) is 0 Å². The van der Waals surface area contributed by atoms with Crippen molar-refractivity contribution in [2.75, 3.05) is 6.54 Å². The van der Waals surface area contributed by atoms with E-state index in [1.165, 1.54) is 19.3 Å². The van der Waals surface area contributed by atoms with Crippen LogP contribution in [0.25, 0.3) is 5.69 Å². The zero-order valence-corrected chi connectivity index (χ0v) is 13.1. The number of nitrogens with two attached hydrogens (primary N) is 1. The number of nitrogens with one attached hydrogen (secondary N) is 1. The molecule has 1 heterocycles. The van der Waals surface area contributed by atoms with Gasteiger partial charge < -0.3 is 15.6 Å². The molecule has 6 heteroatoms. The van der Waals surface area contributed by atoms with Gasteiger partial charge in [-0.15, -0.1) is 0 Å². The molecule has 0 radical (unpaired) electrons. The predicted molar refractivity (Wildman–Crippen MR) is 89.2 cm³/mol. The highest BCUT2D eigenvalue weighted by molar-refractivity contribution is 6.31. The van der Waals surface area contributed by atoms with Gasteiger partial charge in [0.25, 0.3) is 0 Å². The van der Waals surface area contributed by atoms with Crippen LogP contribution in [0.5, 0.6) is 0 Å². The van der Waals surface area contributed by atoms with Crippen molar-refractivity contribution < 1.29 is 0 Å². The summed E-state index contributed by atoms with van der Waals surface area (Å²) in [4.78, 5) is 8.50. The molecule has 0 saturated heterocycles. The third-order valence-corrected chi connectivity index (χ3v) is 4.43. The zero-order valence-electron chi connectivity index (χ0n) is 12.4. The van der Waals surface area contributed by atoms with E-state index >= 15 is 0 Å². The van der Waals surface area contributed by atoms with Gasteiger partial charge >= 0.3 is 0 Å². The predicted octanol–water partition coefficient (Wildman–Crippen LogP) is 2.73. The summed E-state index contributed by atoms with van der Waals surface area (Å²) in [7, 11) is 0. The molecule has 3 rings (SSSR count). The van der Waals surface area contributed by atoms with Gasteiger partial charge in [-0.2, -0.15) is 0 Å². The Labute approximate surface area is 135 Å². The van der Waals surface area contributed by atoms with Gasteiger partial charge in [0, 0.05) is 29.5 Å². The number of hydrogen-bond donors (Lipinski definition) is 2. The number of imidazole rings is 1. The van der Waals surface area contributed by atoms with E-state index < -0.39 is 0 Å². The van der Waals surface area contributed by atoms with Crippen LogP contribution in [0.3, 0.4) is 0 Å². The molecule has 1 fully saturated rings. The van der Waals surface area contributed by atoms with Gasteiger partial charge in [-0.1, -0.05) is 24.1 Å². The lowest BCUT2D eigenvalue weighted by Crippen LogP contribution is -2.37. The number of benzene rings is 1. The van der Waals surface area contributed by atoms with Crippen molar-refractivity contribution in [3.05, 3.63) is 47.5 Å². The molecule has 2 aromatic rings. The fourth-order valence-electron chi connectivity index (χ4n) is 2.51. The van der Waals surface area contributed by atoms with E-state index in [0.29, 0.717) is 17.5 Å². The van der Waals surface area contributed by atoms with E-state index in [4.69, 9.17) is 17.3 Å². The minimum absolute atomic E-state index is 0.441. The van der Waals surface area contributed by atoms with Gasteiger partial charge in [-0.25, -0.2) is 9.98 Å². The summed E-state index contributed by atoms with van der Waals surface area (Å²) in [5.41, 5.74) is 7.86. The van der Waals surface area contributed by atoms with Crippen LogP contribution < -0.4 is 11.1 Å². The molecule has 0 bridgehead atoms. The van der Waals surface area contributed by atoms with Gasteiger partial charge in [-0.3, -0.25) is 0 Å². The van der Waals surface area contributed by atoms with Gasteiger partial charge in [0.15, 0.2) is 5.96 Å². The molecular formula is C16H20ClN5. The number of hydrogen-bond acceptors (Lipinski definition) is 2. The van der Waals surface area contributed by atoms with Crippen LogP contribution in [0.15, 0.2) is 41.9 Å². The summed E-state index contributed by atoms with van der Waals surface area (Å²) < 4.78 is 1.93. The summed E-state index contributed by atoms with van der Waals surface area (Å²) in [6, 6.07) is 5.78. The summed E-state index contributed by atoms with van der Waals surface area (Å²) in [5, 5.41) is 3.88. The van der Waals surface area contributed by atoms with Gasteiger partial charge in [0.05, 0.1) is 18.6 Å². The molecule has 0 unspecified atom stereocenters. The van der Waals surface area contributed by atoms with Crippen molar-refractivity contribution >= 4 is 17.6 Å². The number of nitrogens with zero attached hydrogens (tertiary/aromatic N) is 3. The molecule has 5 nitrogen and oxygen atoms in total. The Balaban J connectivity index is 1.71. The molecule has 22 heavy (non-hydrogen) atoms. The fraction of sp³-hybridized carbons (Fsp3) is 0.375. The average molecular weight is 318 g/mol. The Bertz CT molecular complexity index is 647. The Morgan fingerprint density at radius 2 is 2.32 bits per heavy atom. The molecule has 3 N–H and O–H groups in total. The first-order valence-electron chi connectivity index (χ1n) is 7.53. The quantitative estimate of drug-likeness (QED) is 0.658. The van der Waals surface area contributed by atoms with Crippen molar-refractivity contribution in [3.63, 3.8) is 0 Å². The minimum atomic E-state index is 0.441. The van der Waals surface area contributed by atoms with Crippen molar-refractivity contribution in [2.45, 2.75) is 25.8 Å². The second-order valence-corrected chi connectivity index (χ2v) is 5.99. The molecule has 0 aliphatic heterocycles. The highest BCUT2D eigenvalue weighted by Gasteiger charge is 2.16. The smallest absolute Gasteiger partial charge is 0.188 e. The Morgan fingerprint density at radius 3 is 3.00 bits per heavy atom. The standard InChI is InChI=1S/C16H20ClN5/c17-14-5-2-6-15(22-8-7-19-11-22)13(14)10-21-16(18)20-9-12-3-1-4-12/h2,5-8,11-12H,1,3-4,9-10H2,(H3,18,20,21). The third-order valence-electron chi connectivity index (χ3n) is 4.08. The Kier molecular flexibility index (Phi) is 4.63. The van der Waals surface area contributed by atoms with Gasteiger partial charge in [-0.05, 0) is 30.9 Å². The number of halogens is 1. The second kappa shape index (κ2) is 6.83. The van der Waals surface area contributed by atoms with Crippen LogP contribution in [0.1, 0.15) is 24.8 Å². The van der Waals surface area contributed by atoms with Crippen LogP contribution in [-0.4, -0.2) is 22.1 Å². The molecule has 1 saturated carbocycles. The van der Waals surface area contributed by atoms with E-state index in [1.54, 1.807) is 12.5 Å². The molecular weight excluding hydrogens is 298 g/mol. The summed E-state index contributed by atoms with van der Waals surface area (Å²) in [5.74, 6) is 1.22. The Morgan fingerprint density at radius 1 is 1.45 bits per heavy atom. The van der Waals surface area contributed by atoms with Crippen LogP contribution in [0.4, 0.5) is 0 Å². The van der Waals surface area contributed by atoms with Crippen molar-refractivity contribution in [1.82, 2.24) is 14.9 Å². The number of aromatic nitrogens is 2. The average Bonchev–Trinajstić information content (AvgIpc) is 2.98. The number of rotatable bonds is 5. The van der Waals surface area contributed by atoms with Crippen molar-refractivity contribution in [3.8, 4) is 5.69 Å². The maximum absolute atomic E-state index is 6.32. The van der Waals surface area contributed by atoms with Crippen LogP contribution in [0, 0.1) is 5.92 Å². The van der Waals surface area contributed by atoms with E-state index in [2.05, 4.69) is 15.3 Å². The first-order valence-corrected chi connectivity index (χ1v) is 7.91. The van der Waals surface area contributed by atoms with E-state index in [-0.39, 0.29) is 0 Å². The van der Waals surface area contributed by atoms with Crippen LogP contribution in [-0.2, 0) is 6.54 Å². The monoisotopic (exact) mass is 317 g/mol. The molecule has 1 aliphatic carbocycles. The molecule has 0 atom stereocenters. The maximum Gasteiger partial charge on any atom is 0.188 e. The van der Waals surface area contributed by atoms with Crippen LogP contribution >= 0.6 is 11.6 Å².